The Morgan fingerprint density at radius 1 is 0.545 bits per heavy atom. The van der Waals surface area contributed by atoms with Crippen LogP contribution in [-0.2, 0) is 19.1 Å². The molecule has 2 unspecified atom stereocenters. The van der Waals surface area contributed by atoms with Crippen molar-refractivity contribution in [3.63, 3.8) is 0 Å². The van der Waals surface area contributed by atoms with Crippen molar-refractivity contribution in [2.75, 3.05) is 13.2 Å². The van der Waals surface area contributed by atoms with Crippen LogP contribution in [0.3, 0.4) is 0 Å². The second-order valence-corrected chi connectivity index (χ2v) is 11.7. The third-order valence-electron chi connectivity index (χ3n) is 7.83. The van der Waals surface area contributed by atoms with Crippen molar-refractivity contribution in [3.8, 4) is 0 Å². The number of rotatable bonds is 26. The lowest BCUT2D eigenvalue weighted by atomic mass is 10.0. The number of benzene rings is 1. The molecule has 1 rings (SSSR count). The number of carbonyl (C=O) groups excluding carboxylic acids is 4. The molecule has 2 atom stereocenters. The van der Waals surface area contributed by atoms with Gasteiger partial charge >= 0.3 is 11.9 Å². The number of esters is 2. The summed E-state index contributed by atoms with van der Waals surface area (Å²) < 4.78 is 10.4. The van der Waals surface area contributed by atoms with Gasteiger partial charge in [0.25, 0.3) is 11.8 Å². The summed E-state index contributed by atoms with van der Waals surface area (Å²) in [4.78, 5) is 51.5. The molecule has 0 saturated heterocycles. The zero-order valence-corrected chi connectivity index (χ0v) is 28.1. The van der Waals surface area contributed by atoms with E-state index in [-0.39, 0.29) is 24.3 Å². The van der Waals surface area contributed by atoms with Gasteiger partial charge in [-0.05, 0) is 44.9 Å². The van der Waals surface area contributed by atoms with Crippen LogP contribution in [0.2, 0.25) is 0 Å². The van der Waals surface area contributed by atoms with Gasteiger partial charge in [-0.25, -0.2) is 9.59 Å². The summed E-state index contributed by atoms with van der Waals surface area (Å²) in [5, 5.41) is 5.63. The molecule has 0 bridgehead atoms. The quantitative estimate of drug-likeness (QED) is 0.0804. The number of unbranched alkanes of at least 4 members (excludes halogenated alkanes) is 14. The maximum absolute atomic E-state index is 13.2. The van der Waals surface area contributed by atoms with Crippen molar-refractivity contribution in [3.05, 3.63) is 35.4 Å². The topological polar surface area (TPSA) is 111 Å². The van der Waals surface area contributed by atoms with Crippen molar-refractivity contribution in [2.24, 2.45) is 0 Å². The summed E-state index contributed by atoms with van der Waals surface area (Å²) >= 11 is 0. The van der Waals surface area contributed by atoms with Crippen molar-refractivity contribution in [2.45, 2.75) is 155 Å². The van der Waals surface area contributed by atoms with Gasteiger partial charge in [-0.15, -0.1) is 0 Å². The van der Waals surface area contributed by atoms with Crippen LogP contribution in [-0.4, -0.2) is 49.1 Å². The Morgan fingerprint density at radius 2 is 0.886 bits per heavy atom. The largest absolute Gasteiger partial charge is 0.464 e. The van der Waals surface area contributed by atoms with E-state index in [1.54, 1.807) is 32.0 Å². The summed E-state index contributed by atoms with van der Waals surface area (Å²) in [5.41, 5.74) is 0.525. The Hall–Kier alpha value is -2.90. The molecule has 8 heteroatoms. The van der Waals surface area contributed by atoms with Crippen LogP contribution in [0.1, 0.15) is 164 Å². The van der Waals surface area contributed by atoms with E-state index in [2.05, 4.69) is 24.5 Å². The summed E-state index contributed by atoms with van der Waals surface area (Å²) in [7, 11) is 0. The van der Waals surface area contributed by atoms with Gasteiger partial charge in [0.1, 0.15) is 12.1 Å². The van der Waals surface area contributed by atoms with E-state index < -0.39 is 35.8 Å². The maximum Gasteiger partial charge on any atom is 0.328 e. The number of hydrogen-bond donors (Lipinski definition) is 2. The van der Waals surface area contributed by atoms with Crippen LogP contribution in [0, 0.1) is 0 Å². The van der Waals surface area contributed by atoms with Crippen molar-refractivity contribution in [1.29, 1.82) is 0 Å². The Bertz CT molecular complexity index is 879. The Balaban J connectivity index is 2.74. The fraction of sp³-hybridized carbons (Fsp3) is 0.722. The SMILES string of the molecule is CCCCCCCCCCC(NC(=O)c1cccc(C(=O)NC(CCCCCCCCCC)C(=O)OCC)c1)C(=O)OCC. The molecule has 1 aromatic rings. The normalized spacial score (nSPS) is 12.3. The number of amides is 2. The van der Waals surface area contributed by atoms with Crippen LogP contribution in [0.25, 0.3) is 0 Å². The number of carbonyl (C=O) groups is 4. The fourth-order valence-corrected chi connectivity index (χ4v) is 5.23. The summed E-state index contributed by atoms with van der Waals surface area (Å²) in [6, 6.07) is 4.82. The molecular formula is C36H60N2O6. The molecule has 0 saturated carbocycles. The highest BCUT2D eigenvalue weighted by atomic mass is 16.5. The molecule has 0 aliphatic rings. The van der Waals surface area contributed by atoms with E-state index in [1.807, 2.05) is 0 Å². The van der Waals surface area contributed by atoms with E-state index >= 15 is 0 Å². The summed E-state index contributed by atoms with van der Waals surface area (Å²) in [5.74, 6) is -1.79. The second kappa shape index (κ2) is 25.4. The monoisotopic (exact) mass is 616 g/mol. The molecule has 250 valence electrons. The summed E-state index contributed by atoms with van der Waals surface area (Å²) in [6.45, 7) is 8.36. The average molecular weight is 617 g/mol. The van der Waals surface area contributed by atoms with Crippen molar-refractivity contribution < 1.29 is 28.7 Å². The van der Waals surface area contributed by atoms with Gasteiger partial charge < -0.3 is 20.1 Å². The van der Waals surface area contributed by atoms with Crippen LogP contribution < -0.4 is 10.6 Å². The molecule has 44 heavy (non-hydrogen) atoms. The minimum absolute atomic E-state index is 0.235. The van der Waals surface area contributed by atoms with Crippen molar-refractivity contribution in [1.82, 2.24) is 10.6 Å². The van der Waals surface area contributed by atoms with Gasteiger partial charge in [0.05, 0.1) is 13.2 Å². The molecule has 0 aliphatic heterocycles. The minimum atomic E-state index is -0.750. The van der Waals surface area contributed by atoms with E-state index in [4.69, 9.17) is 9.47 Å². The van der Waals surface area contributed by atoms with Crippen LogP contribution in [0.4, 0.5) is 0 Å². The van der Waals surface area contributed by atoms with Gasteiger partial charge in [-0.2, -0.15) is 0 Å². The molecule has 0 aliphatic carbocycles. The molecule has 2 amide bonds. The zero-order chi connectivity index (χ0) is 32.4. The fourth-order valence-electron chi connectivity index (χ4n) is 5.23. The molecule has 0 aromatic heterocycles. The average Bonchev–Trinajstić information content (AvgIpc) is 3.02. The molecule has 0 radical (unpaired) electrons. The standard InChI is InChI=1S/C36H60N2O6/c1-5-9-11-13-15-17-19-21-26-31(35(41)43-7-3)37-33(39)29-24-23-25-30(28-29)34(40)38-32(36(42)44-8-4)27-22-20-18-16-14-12-10-6-2/h23-25,28,31-32H,5-22,26-27H2,1-4H3,(H,37,39)(H,38,40). The van der Waals surface area contributed by atoms with Gasteiger partial charge in [0.15, 0.2) is 0 Å². The van der Waals surface area contributed by atoms with E-state index in [0.29, 0.717) is 12.8 Å². The van der Waals surface area contributed by atoms with Gasteiger partial charge in [0, 0.05) is 11.1 Å². The van der Waals surface area contributed by atoms with Crippen LogP contribution in [0.5, 0.6) is 0 Å². The lowest BCUT2D eigenvalue weighted by Gasteiger charge is -2.18. The number of ether oxygens (including phenoxy) is 2. The first-order valence-corrected chi connectivity index (χ1v) is 17.4. The lowest BCUT2D eigenvalue weighted by molar-refractivity contribution is -0.146. The van der Waals surface area contributed by atoms with E-state index in [0.717, 1.165) is 38.5 Å². The van der Waals surface area contributed by atoms with E-state index in [1.165, 1.54) is 70.3 Å². The van der Waals surface area contributed by atoms with Gasteiger partial charge in [-0.3, -0.25) is 9.59 Å². The molecule has 0 fully saturated rings. The second-order valence-electron chi connectivity index (χ2n) is 11.7. The first-order valence-electron chi connectivity index (χ1n) is 17.4. The lowest BCUT2D eigenvalue weighted by Crippen LogP contribution is -2.42. The molecule has 0 heterocycles. The maximum atomic E-state index is 13.2. The first-order chi connectivity index (χ1) is 21.4. The smallest absolute Gasteiger partial charge is 0.328 e. The summed E-state index contributed by atoms with van der Waals surface area (Å²) in [6.07, 6.45) is 19.2. The third-order valence-corrected chi connectivity index (χ3v) is 7.83. The highest BCUT2D eigenvalue weighted by Crippen LogP contribution is 2.14. The molecule has 8 nitrogen and oxygen atoms in total. The van der Waals surface area contributed by atoms with Crippen molar-refractivity contribution >= 4 is 23.8 Å². The molecule has 0 spiro atoms. The molecule has 2 N–H and O–H groups in total. The number of nitrogens with one attached hydrogen (secondary N) is 2. The van der Waals surface area contributed by atoms with Crippen LogP contribution >= 0.6 is 0 Å². The molecule has 1 aromatic carbocycles. The van der Waals surface area contributed by atoms with Gasteiger partial charge in [-0.1, -0.05) is 123 Å². The first kappa shape index (κ1) is 39.1. The minimum Gasteiger partial charge on any atom is -0.464 e. The highest BCUT2D eigenvalue weighted by molar-refractivity contribution is 6.01. The predicted octanol–water partition coefficient (Wildman–Crippen LogP) is 8.07. The molecular weight excluding hydrogens is 556 g/mol. The van der Waals surface area contributed by atoms with Crippen LogP contribution in [0.15, 0.2) is 24.3 Å². The third kappa shape index (κ3) is 17.4. The Labute approximate surface area is 266 Å². The van der Waals surface area contributed by atoms with E-state index in [9.17, 15) is 19.2 Å². The predicted molar refractivity (Wildman–Crippen MR) is 177 cm³/mol. The zero-order valence-electron chi connectivity index (χ0n) is 28.1. The number of hydrogen-bond acceptors (Lipinski definition) is 6. The van der Waals surface area contributed by atoms with Gasteiger partial charge in [0.2, 0.25) is 0 Å². The Morgan fingerprint density at radius 3 is 1.23 bits per heavy atom. The highest BCUT2D eigenvalue weighted by Gasteiger charge is 2.25. The Kier molecular flexibility index (Phi) is 22.6.